The van der Waals surface area contributed by atoms with Crippen molar-refractivity contribution in [2.45, 2.75) is 13.8 Å². The van der Waals surface area contributed by atoms with Crippen molar-refractivity contribution in [1.29, 1.82) is 0 Å². The standard InChI is InChI=1S/C22H25BrN2O4/c1-15(2)14-29-20-8-7-16(23)13-18(20)21(26)24-19-6-4-3-5-17(19)22(27)25-9-11-28-12-10-25/h3-8,13,15H,9-12,14H2,1-2H3,(H,24,26). The van der Waals surface area contributed by atoms with Crippen LogP contribution >= 0.6 is 15.9 Å². The molecule has 1 aliphatic heterocycles. The first-order valence-corrected chi connectivity index (χ1v) is 10.4. The van der Waals surface area contributed by atoms with Crippen molar-refractivity contribution in [3.8, 4) is 5.75 Å². The molecule has 1 aliphatic rings. The Labute approximate surface area is 179 Å². The summed E-state index contributed by atoms with van der Waals surface area (Å²) in [5, 5.41) is 2.88. The summed E-state index contributed by atoms with van der Waals surface area (Å²) in [4.78, 5) is 27.7. The van der Waals surface area contributed by atoms with Gasteiger partial charge in [0.15, 0.2) is 0 Å². The van der Waals surface area contributed by atoms with E-state index in [1.165, 1.54) is 0 Å². The number of hydrogen-bond acceptors (Lipinski definition) is 4. The van der Waals surface area contributed by atoms with Gasteiger partial charge in [0.25, 0.3) is 11.8 Å². The predicted octanol–water partition coefficient (Wildman–Crippen LogP) is 4.21. The fourth-order valence-electron chi connectivity index (χ4n) is 2.97. The minimum atomic E-state index is -0.327. The van der Waals surface area contributed by atoms with Crippen LogP contribution in [0.1, 0.15) is 34.6 Å². The average molecular weight is 461 g/mol. The maximum absolute atomic E-state index is 13.0. The van der Waals surface area contributed by atoms with E-state index in [-0.39, 0.29) is 11.8 Å². The summed E-state index contributed by atoms with van der Waals surface area (Å²) >= 11 is 3.41. The zero-order valence-electron chi connectivity index (χ0n) is 16.6. The molecule has 2 amide bonds. The van der Waals surface area contributed by atoms with Gasteiger partial charge in [0.1, 0.15) is 5.75 Å². The number of ether oxygens (including phenoxy) is 2. The van der Waals surface area contributed by atoms with Crippen molar-refractivity contribution >= 4 is 33.4 Å². The number of hydrogen-bond donors (Lipinski definition) is 1. The normalized spacial score (nSPS) is 14.0. The molecule has 1 saturated heterocycles. The monoisotopic (exact) mass is 460 g/mol. The number of halogens is 1. The van der Waals surface area contributed by atoms with Gasteiger partial charge in [-0.2, -0.15) is 0 Å². The number of nitrogens with zero attached hydrogens (tertiary/aromatic N) is 1. The summed E-state index contributed by atoms with van der Waals surface area (Å²) in [6, 6.07) is 12.4. The number of rotatable bonds is 6. The van der Waals surface area contributed by atoms with Crippen LogP contribution in [0, 0.1) is 5.92 Å². The lowest BCUT2D eigenvalue weighted by Gasteiger charge is -2.27. The van der Waals surface area contributed by atoms with Gasteiger partial charge in [-0.1, -0.05) is 41.9 Å². The molecule has 1 fully saturated rings. The smallest absolute Gasteiger partial charge is 0.259 e. The highest BCUT2D eigenvalue weighted by molar-refractivity contribution is 9.10. The zero-order valence-corrected chi connectivity index (χ0v) is 18.2. The Morgan fingerprint density at radius 1 is 1.14 bits per heavy atom. The second kappa shape index (κ2) is 9.89. The van der Waals surface area contributed by atoms with E-state index in [2.05, 4.69) is 21.2 Å². The third-order valence-corrected chi connectivity index (χ3v) is 4.96. The molecule has 0 atom stereocenters. The molecule has 29 heavy (non-hydrogen) atoms. The van der Waals surface area contributed by atoms with Crippen molar-refractivity contribution in [3.05, 3.63) is 58.1 Å². The summed E-state index contributed by atoms with van der Waals surface area (Å²) in [7, 11) is 0. The van der Waals surface area contributed by atoms with Crippen LogP contribution < -0.4 is 10.1 Å². The van der Waals surface area contributed by atoms with E-state index in [0.717, 1.165) is 4.47 Å². The van der Waals surface area contributed by atoms with Crippen LogP contribution in [-0.2, 0) is 4.74 Å². The zero-order chi connectivity index (χ0) is 20.8. The van der Waals surface area contributed by atoms with Crippen LogP contribution in [0.15, 0.2) is 46.9 Å². The Balaban J connectivity index is 1.83. The van der Waals surface area contributed by atoms with Crippen molar-refractivity contribution in [3.63, 3.8) is 0 Å². The molecular weight excluding hydrogens is 436 g/mol. The fourth-order valence-corrected chi connectivity index (χ4v) is 3.33. The highest BCUT2D eigenvalue weighted by atomic mass is 79.9. The number of morpholine rings is 1. The van der Waals surface area contributed by atoms with Crippen LogP contribution in [0.4, 0.5) is 5.69 Å². The summed E-state index contributed by atoms with van der Waals surface area (Å²) < 4.78 is 11.9. The molecule has 0 radical (unpaired) electrons. The molecule has 0 aliphatic carbocycles. The number of carbonyl (C=O) groups excluding carboxylic acids is 2. The Morgan fingerprint density at radius 3 is 2.59 bits per heavy atom. The summed E-state index contributed by atoms with van der Waals surface area (Å²) in [5.74, 6) is 0.403. The third kappa shape index (κ3) is 5.58. The first kappa shape index (κ1) is 21.3. The quantitative estimate of drug-likeness (QED) is 0.700. The molecule has 6 nitrogen and oxygen atoms in total. The summed E-state index contributed by atoms with van der Waals surface area (Å²) in [6.07, 6.45) is 0. The fraction of sp³-hybridized carbons (Fsp3) is 0.364. The predicted molar refractivity (Wildman–Crippen MR) is 116 cm³/mol. The van der Waals surface area contributed by atoms with Gasteiger partial charge in [0.2, 0.25) is 0 Å². The SMILES string of the molecule is CC(C)COc1ccc(Br)cc1C(=O)Nc1ccccc1C(=O)N1CCOCC1. The van der Waals surface area contributed by atoms with Crippen molar-refractivity contribution in [2.75, 3.05) is 38.2 Å². The van der Waals surface area contributed by atoms with E-state index < -0.39 is 0 Å². The van der Waals surface area contributed by atoms with Gasteiger partial charge in [-0.05, 0) is 36.2 Å². The molecule has 2 aromatic carbocycles. The lowest BCUT2D eigenvalue weighted by Crippen LogP contribution is -2.41. The van der Waals surface area contributed by atoms with Gasteiger partial charge < -0.3 is 19.7 Å². The summed E-state index contributed by atoms with van der Waals surface area (Å²) in [6.45, 7) is 6.73. The van der Waals surface area contributed by atoms with E-state index in [0.29, 0.717) is 61.4 Å². The maximum atomic E-state index is 13.0. The largest absolute Gasteiger partial charge is 0.492 e. The molecule has 2 aromatic rings. The molecule has 154 valence electrons. The molecule has 3 rings (SSSR count). The third-order valence-electron chi connectivity index (χ3n) is 4.46. The second-order valence-electron chi connectivity index (χ2n) is 7.25. The number of para-hydroxylation sites is 1. The topological polar surface area (TPSA) is 67.9 Å². The lowest BCUT2D eigenvalue weighted by molar-refractivity contribution is 0.0303. The second-order valence-corrected chi connectivity index (χ2v) is 8.17. The summed E-state index contributed by atoms with van der Waals surface area (Å²) in [5.41, 5.74) is 1.35. The molecule has 0 unspecified atom stereocenters. The van der Waals surface area contributed by atoms with Crippen LogP contribution in [0.2, 0.25) is 0 Å². The minimum Gasteiger partial charge on any atom is -0.492 e. The molecule has 0 spiro atoms. The molecule has 1 heterocycles. The van der Waals surface area contributed by atoms with E-state index >= 15 is 0 Å². The van der Waals surface area contributed by atoms with Gasteiger partial charge in [0.05, 0.1) is 36.6 Å². The Morgan fingerprint density at radius 2 is 1.86 bits per heavy atom. The minimum absolute atomic E-state index is 0.116. The maximum Gasteiger partial charge on any atom is 0.259 e. The number of anilines is 1. The van der Waals surface area contributed by atoms with Gasteiger partial charge in [-0.3, -0.25) is 9.59 Å². The number of carbonyl (C=O) groups is 2. The average Bonchev–Trinajstić information content (AvgIpc) is 2.73. The molecule has 0 saturated carbocycles. The Kier molecular flexibility index (Phi) is 7.28. The van der Waals surface area contributed by atoms with Crippen LogP contribution in [0.25, 0.3) is 0 Å². The van der Waals surface area contributed by atoms with Gasteiger partial charge >= 0.3 is 0 Å². The van der Waals surface area contributed by atoms with Crippen LogP contribution in [-0.4, -0.2) is 49.6 Å². The first-order valence-electron chi connectivity index (χ1n) is 9.65. The first-order chi connectivity index (χ1) is 14.0. The molecule has 1 N–H and O–H groups in total. The van der Waals surface area contributed by atoms with E-state index in [9.17, 15) is 9.59 Å². The van der Waals surface area contributed by atoms with Crippen LogP contribution in [0.5, 0.6) is 5.75 Å². The van der Waals surface area contributed by atoms with Gasteiger partial charge in [0, 0.05) is 17.6 Å². The number of nitrogens with one attached hydrogen (secondary N) is 1. The van der Waals surface area contributed by atoms with Crippen molar-refractivity contribution in [2.24, 2.45) is 5.92 Å². The van der Waals surface area contributed by atoms with E-state index in [1.54, 1.807) is 41.3 Å². The molecule has 0 bridgehead atoms. The van der Waals surface area contributed by atoms with E-state index in [1.807, 2.05) is 19.9 Å². The van der Waals surface area contributed by atoms with Crippen LogP contribution in [0.3, 0.4) is 0 Å². The highest BCUT2D eigenvalue weighted by Gasteiger charge is 2.22. The van der Waals surface area contributed by atoms with Gasteiger partial charge in [-0.25, -0.2) is 0 Å². The highest BCUT2D eigenvalue weighted by Crippen LogP contribution is 2.26. The Bertz CT molecular complexity index is 879. The van der Waals surface area contributed by atoms with Crippen molar-refractivity contribution < 1.29 is 19.1 Å². The molecule has 0 aromatic heterocycles. The number of benzene rings is 2. The van der Waals surface area contributed by atoms with E-state index in [4.69, 9.17) is 9.47 Å². The van der Waals surface area contributed by atoms with Crippen molar-refractivity contribution in [1.82, 2.24) is 4.90 Å². The molecule has 7 heteroatoms. The lowest BCUT2D eigenvalue weighted by atomic mass is 10.1. The molecular formula is C22H25BrN2O4. The number of amides is 2. The van der Waals surface area contributed by atoms with Gasteiger partial charge in [-0.15, -0.1) is 0 Å². The Hall–Kier alpha value is -2.38.